The van der Waals surface area contributed by atoms with E-state index in [0.29, 0.717) is 11.1 Å². The van der Waals surface area contributed by atoms with Gasteiger partial charge in [-0.3, -0.25) is 14.9 Å². The lowest BCUT2D eigenvalue weighted by Gasteiger charge is -2.00. The molecule has 0 aromatic heterocycles. The maximum absolute atomic E-state index is 12.3. The highest BCUT2D eigenvalue weighted by atomic mass is 16.6. The number of carbonyl (C=O) groups excluding carboxylic acids is 1. The van der Waals surface area contributed by atoms with Crippen molar-refractivity contribution in [2.24, 2.45) is 0 Å². The first-order chi connectivity index (χ1) is 11.5. The molecule has 2 rings (SSSR count). The number of Topliss-reactive ketones (excluding diaryl/α,β-unsaturated/α-hetero) is 1. The summed E-state index contributed by atoms with van der Waals surface area (Å²) in [6.45, 7) is 1.86. The predicted octanol–water partition coefficient (Wildman–Crippen LogP) is 4.25. The summed E-state index contributed by atoms with van der Waals surface area (Å²) in [5.74, 6) is -0.381. The van der Waals surface area contributed by atoms with Crippen molar-refractivity contribution >= 4 is 17.5 Å². The summed E-state index contributed by atoms with van der Waals surface area (Å²) in [4.78, 5) is 22.8. The Balaban J connectivity index is 2.28. The number of allylic oxidation sites excluding steroid dienone is 3. The van der Waals surface area contributed by atoms with Crippen LogP contribution in [0.4, 0.5) is 5.69 Å². The lowest BCUT2D eigenvalue weighted by molar-refractivity contribution is -0.385. The van der Waals surface area contributed by atoms with Gasteiger partial charge in [-0.15, -0.1) is 0 Å². The number of hydrogen-bond donors (Lipinski definition) is 0. The molecule has 0 heterocycles. The molecule has 0 atom stereocenters. The van der Waals surface area contributed by atoms with Gasteiger partial charge in [-0.25, -0.2) is 0 Å². The lowest BCUT2D eigenvalue weighted by Crippen LogP contribution is -2.01. The highest BCUT2D eigenvalue weighted by molar-refractivity contribution is 6.11. The zero-order valence-electron chi connectivity index (χ0n) is 13.0. The number of carbonyl (C=O) groups is 1. The fraction of sp³-hybridized carbons (Fsp3) is 0.0526. The standard InChI is InChI=1S/C19H14N2O3/c1-14-6-4-9-16(12-14)19(22)17(13-20)10-5-8-15-7-2-3-11-18(15)21(23)24/h2-12H,1H3/b8-5+,17-10+. The molecule has 0 bridgehead atoms. The van der Waals surface area contributed by atoms with Crippen LogP contribution in [-0.4, -0.2) is 10.7 Å². The first kappa shape index (κ1) is 16.8. The number of benzene rings is 2. The number of nitriles is 1. The molecular formula is C19H14N2O3. The third-order valence-corrected chi connectivity index (χ3v) is 3.32. The maximum Gasteiger partial charge on any atom is 0.276 e. The molecule has 0 aliphatic heterocycles. The molecule has 118 valence electrons. The second-order valence-electron chi connectivity index (χ2n) is 5.07. The monoisotopic (exact) mass is 318 g/mol. The zero-order valence-corrected chi connectivity index (χ0v) is 13.0. The van der Waals surface area contributed by atoms with Crippen LogP contribution in [0.15, 0.2) is 66.3 Å². The summed E-state index contributed by atoms with van der Waals surface area (Å²) in [6, 6.07) is 15.1. The molecule has 0 saturated heterocycles. The van der Waals surface area contributed by atoms with Crippen LogP contribution in [-0.2, 0) is 0 Å². The quantitative estimate of drug-likeness (QED) is 0.206. The fourth-order valence-electron chi connectivity index (χ4n) is 2.15. The van der Waals surface area contributed by atoms with E-state index in [4.69, 9.17) is 0 Å². The van der Waals surface area contributed by atoms with Gasteiger partial charge in [0.25, 0.3) is 5.69 Å². The Kier molecular flexibility index (Phi) is 5.37. The molecule has 24 heavy (non-hydrogen) atoms. The molecule has 5 heteroatoms. The molecule has 0 N–H and O–H groups in total. The number of aryl methyl sites for hydroxylation is 1. The van der Waals surface area contributed by atoms with Crippen LogP contribution in [0.25, 0.3) is 6.08 Å². The molecule has 2 aromatic rings. The van der Waals surface area contributed by atoms with Crippen LogP contribution < -0.4 is 0 Å². The molecule has 0 aliphatic rings. The Morgan fingerprint density at radius 3 is 2.62 bits per heavy atom. The minimum Gasteiger partial charge on any atom is -0.288 e. The molecule has 5 nitrogen and oxygen atoms in total. The molecule has 0 saturated carbocycles. The summed E-state index contributed by atoms with van der Waals surface area (Å²) >= 11 is 0. The van der Waals surface area contributed by atoms with Gasteiger partial charge in [-0.2, -0.15) is 5.26 Å². The van der Waals surface area contributed by atoms with E-state index in [0.717, 1.165) is 5.56 Å². The summed E-state index contributed by atoms with van der Waals surface area (Å²) in [5.41, 5.74) is 1.69. The van der Waals surface area contributed by atoms with E-state index in [2.05, 4.69) is 0 Å². The summed E-state index contributed by atoms with van der Waals surface area (Å²) in [5, 5.41) is 20.1. The van der Waals surface area contributed by atoms with E-state index in [1.807, 2.05) is 19.1 Å². The summed E-state index contributed by atoms with van der Waals surface area (Å²) in [7, 11) is 0. The van der Waals surface area contributed by atoms with Crippen molar-refractivity contribution in [2.45, 2.75) is 6.92 Å². The third kappa shape index (κ3) is 4.02. The SMILES string of the molecule is Cc1cccc(C(=O)/C(C#N)=C/C=C/c2ccccc2[N+](=O)[O-])c1. The number of para-hydroxylation sites is 1. The van der Waals surface area contributed by atoms with Gasteiger partial charge in [0.15, 0.2) is 0 Å². The van der Waals surface area contributed by atoms with Crippen molar-refractivity contribution in [3.63, 3.8) is 0 Å². The Labute approximate surface area is 139 Å². The van der Waals surface area contributed by atoms with Gasteiger partial charge in [-0.1, -0.05) is 42.0 Å². The van der Waals surface area contributed by atoms with E-state index in [-0.39, 0.29) is 17.0 Å². The second kappa shape index (κ2) is 7.65. The predicted molar refractivity (Wildman–Crippen MR) is 91.3 cm³/mol. The van der Waals surface area contributed by atoms with Crippen molar-refractivity contribution in [3.8, 4) is 6.07 Å². The first-order valence-corrected chi connectivity index (χ1v) is 7.16. The molecular weight excluding hydrogens is 304 g/mol. The van der Waals surface area contributed by atoms with Crippen molar-refractivity contribution in [3.05, 3.63) is 93.1 Å². The smallest absolute Gasteiger partial charge is 0.276 e. The van der Waals surface area contributed by atoms with E-state index in [1.165, 1.54) is 24.3 Å². The molecule has 2 aromatic carbocycles. The number of ketones is 1. The molecule has 0 amide bonds. The van der Waals surface area contributed by atoms with Crippen molar-refractivity contribution in [2.75, 3.05) is 0 Å². The Bertz CT molecular complexity index is 889. The van der Waals surface area contributed by atoms with Crippen LogP contribution in [0.1, 0.15) is 21.5 Å². The average molecular weight is 318 g/mol. The first-order valence-electron chi connectivity index (χ1n) is 7.16. The topological polar surface area (TPSA) is 84.0 Å². The minimum atomic E-state index is -0.480. The average Bonchev–Trinajstić information content (AvgIpc) is 2.58. The van der Waals surface area contributed by atoms with Crippen LogP contribution in [0, 0.1) is 28.4 Å². The number of nitro benzene ring substituents is 1. The van der Waals surface area contributed by atoms with Gasteiger partial charge in [-0.05, 0) is 31.2 Å². The van der Waals surface area contributed by atoms with Crippen molar-refractivity contribution in [1.29, 1.82) is 5.26 Å². The Morgan fingerprint density at radius 1 is 1.21 bits per heavy atom. The van der Waals surface area contributed by atoms with Gasteiger partial charge in [0.05, 0.1) is 16.1 Å². The maximum atomic E-state index is 12.3. The van der Waals surface area contributed by atoms with E-state index in [9.17, 15) is 20.2 Å². The number of rotatable bonds is 5. The zero-order chi connectivity index (χ0) is 17.5. The second-order valence-corrected chi connectivity index (χ2v) is 5.07. The fourth-order valence-corrected chi connectivity index (χ4v) is 2.15. The number of hydrogen-bond acceptors (Lipinski definition) is 4. The lowest BCUT2D eigenvalue weighted by atomic mass is 10.0. The molecule has 0 radical (unpaired) electrons. The molecule has 0 aliphatic carbocycles. The summed E-state index contributed by atoms with van der Waals surface area (Å²) < 4.78 is 0. The number of nitrogens with zero attached hydrogens (tertiary/aromatic N) is 2. The van der Waals surface area contributed by atoms with Gasteiger partial charge < -0.3 is 0 Å². The Hall–Kier alpha value is -3.52. The molecule has 0 fully saturated rings. The van der Waals surface area contributed by atoms with Crippen LogP contribution in [0.2, 0.25) is 0 Å². The number of nitro groups is 1. The summed E-state index contributed by atoms with van der Waals surface area (Å²) in [6.07, 6.45) is 4.33. The van der Waals surface area contributed by atoms with Gasteiger partial charge in [0.1, 0.15) is 6.07 Å². The molecule has 0 unspecified atom stereocenters. The van der Waals surface area contributed by atoms with E-state index in [1.54, 1.807) is 36.4 Å². The van der Waals surface area contributed by atoms with Gasteiger partial charge in [0, 0.05) is 11.6 Å². The molecule has 0 spiro atoms. The normalized spacial score (nSPS) is 11.2. The third-order valence-electron chi connectivity index (χ3n) is 3.32. The highest BCUT2D eigenvalue weighted by Crippen LogP contribution is 2.19. The highest BCUT2D eigenvalue weighted by Gasteiger charge is 2.12. The van der Waals surface area contributed by atoms with Crippen LogP contribution in [0.5, 0.6) is 0 Å². The minimum absolute atomic E-state index is 0.0320. The Morgan fingerprint density at radius 2 is 1.96 bits per heavy atom. The van der Waals surface area contributed by atoms with Crippen LogP contribution >= 0.6 is 0 Å². The van der Waals surface area contributed by atoms with Gasteiger partial charge >= 0.3 is 0 Å². The van der Waals surface area contributed by atoms with E-state index < -0.39 is 4.92 Å². The van der Waals surface area contributed by atoms with Crippen LogP contribution in [0.3, 0.4) is 0 Å². The van der Waals surface area contributed by atoms with E-state index >= 15 is 0 Å². The van der Waals surface area contributed by atoms with Gasteiger partial charge in [0.2, 0.25) is 5.78 Å². The van der Waals surface area contributed by atoms with Crippen molar-refractivity contribution < 1.29 is 9.72 Å². The van der Waals surface area contributed by atoms with Crippen molar-refractivity contribution in [1.82, 2.24) is 0 Å². The largest absolute Gasteiger partial charge is 0.288 e.